The first-order valence-corrected chi connectivity index (χ1v) is 6.17. The minimum absolute atomic E-state index is 0.0975. The fourth-order valence-electron chi connectivity index (χ4n) is 2.32. The highest BCUT2D eigenvalue weighted by atomic mass is 16.5. The smallest absolute Gasteiger partial charge is 0.252 e. The molecule has 2 rings (SSSR count). The van der Waals surface area contributed by atoms with Crippen LogP contribution in [-0.4, -0.2) is 12.0 Å². The normalized spacial score (nSPS) is 23.1. The molecule has 0 heterocycles. The van der Waals surface area contributed by atoms with Gasteiger partial charge in [-0.1, -0.05) is 18.6 Å². The average Bonchev–Trinajstić information content (AvgIpc) is 2.40. The van der Waals surface area contributed by atoms with Crippen LogP contribution in [0.25, 0.3) is 0 Å². The van der Waals surface area contributed by atoms with Crippen molar-refractivity contribution in [2.24, 2.45) is 11.7 Å². The van der Waals surface area contributed by atoms with Crippen molar-refractivity contribution in [1.82, 2.24) is 0 Å². The average molecular weight is 244 g/mol. The van der Waals surface area contributed by atoms with E-state index in [2.05, 4.69) is 6.07 Å². The van der Waals surface area contributed by atoms with Gasteiger partial charge >= 0.3 is 0 Å². The van der Waals surface area contributed by atoms with E-state index in [1.807, 2.05) is 0 Å². The number of ether oxygens (including phenoxy) is 1. The second-order valence-corrected chi connectivity index (χ2v) is 4.54. The molecule has 1 saturated carbocycles. The highest BCUT2D eigenvalue weighted by Crippen LogP contribution is 2.29. The standard InChI is InChI=1S/C14H16N2O2/c15-9-10-5-1-3-7-12(10)18-13-8-4-2-6-11(13)14(16)17/h2,4,6,8,10,12H,1,3,5,7H2,(H2,16,17). The molecule has 2 unspecified atom stereocenters. The van der Waals surface area contributed by atoms with E-state index in [9.17, 15) is 4.79 Å². The van der Waals surface area contributed by atoms with Crippen molar-refractivity contribution in [3.8, 4) is 11.8 Å². The minimum Gasteiger partial charge on any atom is -0.488 e. The lowest BCUT2D eigenvalue weighted by Gasteiger charge is -2.28. The zero-order valence-corrected chi connectivity index (χ0v) is 10.1. The number of primary amides is 1. The summed E-state index contributed by atoms with van der Waals surface area (Å²) in [7, 11) is 0. The van der Waals surface area contributed by atoms with E-state index in [1.54, 1.807) is 24.3 Å². The van der Waals surface area contributed by atoms with Gasteiger partial charge in [-0.25, -0.2) is 0 Å². The Labute approximate surface area is 106 Å². The second kappa shape index (κ2) is 5.54. The first-order valence-electron chi connectivity index (χ1n) is 6.17. The molecule has 1 aliphatic carbocycles. The number of carbonyl (C=O) groups excluding carboxylic acids is 1. The summed E-state index contributed by atoms with van der Waals surface area (Å²) in [5, 5.41) is 9.10. The third-order valence-corrected chi connectivity index (χ3v) is 3.30. The number of nitriles is 1. The molecule has 0 aromatic heterocycles. The van der Waals surface area contributed by atoms with Crippen molar-refractivity contribution in [3.05, 3.63) is 29.8 Å². The van der Waals surface area contributed by atoms with Crippen molar-refractivity contribution in [3.63, 3.8) is 0 Å². The van der Waals surface area contributed by atoms with E-state index in [0.717, 1.165) is 25.7 Å². The molecule has 1 amide bonds. The summed E-state index contributed by atoms with van der Waals surface area (Å²) in [5.74, 6) is -0.119. The largest absolute Gasteiger partial charge is 0.488 e. The van der Waals surface area contributed by atoms with Crippen LogP contribution in [0.5, 0.6) is 5.75 Å². The summed E-state index contributed by atoms with van der Waals surface area (Å²) >= 11 is 0. The molecular formula is C14H16N2O2. The van der Waals surface area contributed by atoms with Crippen molar-refractivity contribution >= 4 is 5.91 Å². The van der Waals surface area contributed by atoms with Gasteiger partial charge in [0, 0.05) is 0 Å². The molecule has 1 aromatic carbocycles. The van der Waals surface area contributed by atoms with Gasteiger partial charge in [-0.05, 0) is 31.4 Å². The predicted octanol–water partition coefficient (Wildman–Crippen LogP) is 2.25. The van der Waals surface area contributed by atoms with Crippen molar-refractivity contribution in [1.29, 1.82) is 5.26 Å². The molecule has 2 N–H and O–H groups in total. The van der Waals surface area contributed by atoms with E-state index in [0.29, 0.717) is 11.3 Å². The number of hydrogen-bond acceptors (Lipinski definition) is 3. The lowest BCUT2D eigenvalue weighted by molar-refractivity contribution is 0.0972. The van der Waals surface area contributed by atoms with E-state index in [1.165, 1.54) is 0 Å². The van der Waals surface area contributed by atoms with Crippen LogP contribution in [0.2, 0.25) is 0 Å². The number of nitrogens with zero attached hydrogens (tertiary/aromatic N) is 1. The molecule has 1 aliphatic rings. The van der Waals surface area contributed by atoms with Gasteiger partial charge in [-0.15, -0.1) is 0 Å². The molecular weight excluding hydrogens is 228 g/mol. The molecule has 4 nitrogen and oxygen atoms in total. The fourth-order valence-corrected chi connectivity index (χ4v) is 2.32. The van der Waals surface area contributed by atoms with Crippen LogP contribution in [0.4, 0.5) is 0 Å². The first kappa shape index (κ1) is 12.4. The number of rotatable bonds is 3. The van der Waals surface area contributed by atoms with Gasteiger partial charge in [0.05, 0.1) is 17.6 Å². The van der Waals surface area contributed by atoms with Crippen molar-refractivity contribution < 1.29 is 9.53 Å². The SMILES string of the molecule is N#CC1CCCCC1Oc1ccccc1C(N)=O. The van der Waals surface area contributed by atoms with E-state index < -0.39 is 5.91 Å². The van der Waals surface area contributed by atoms with Crippen LogP contribution in [0.15, 0.2) is 24.3 Å². The molecule has 0 bridgehead atoms. The van der Waals surface area contributed by atoms with Crippen LogP contribution in [0.3, 0.4) is 0 Å². The zero-order chi connectivity index (χ0) is 13.0. The maximum atomic E-state index is 11.3. The lowest BCUT2D eigenvalue weighted by atomic mass is 9.87. The van der Waals surface area contributed by atoms with E-state index >= 15 is 0 Å². The number of hydrogen-bond donors (Lipinski definition) is 1. The molecule has 0 radical (unpaired) electrons. The summed E-state index contributed by atoms with van der Waals surface area (Å²) in [6, 6.07) is 9.19. The number of nitrogens with two attached hydrogens (primary N) is 1. The van der Waals surface area contributed by atoms with E-state index in [-0.39, 0.29) is 12.0 Å². The van der Waals surface area contributed by atoms with Crippen LogP contribution in [0, 0.1) is 17.2 Å². The molecule has 4 heteroatoms. The first-order chi connectivity index (χ1) is 8.72. The van der Waals surface area contributed by atoms with Crippen LogP contribution in [-0.2, 0) is 0 Å². The Hall–Kier alpha value is -2.02. The molecule has 94 valence electrons. The Morgan fingerprint density at radius 1 is 1.33 bits per heavy atom. The highest BCUT2D eigenvalue weighted by molar-refractivity contribution is 5.95. The molecule has 0 spiro atoms. The Morgan fingerprint density at radius 2 is 2.06 bits per heavy atom. The quantitative estimate of drug-likeness (QED) is 0.885. The van der Waals surface area contributed by atoms with Gasteiger partial charge in [0.1, 0.15) is 11.9 Å². The third kappa shape index (κ3) is 2.62. The zero-order valence-electron chi connectivity index (χ0n) is 10.1. The number of benzene rings is 1. The lowest BCUT2D eigenvalue weighted by Crippen LogP contribution is -2.30. The Bertz CT molecular complexity index is 479. The van der Waals surface area contributed by atoms with Gasteiger partial charge in [-0.3, -0.25) is 4.79 Å². The summed E-state index contributed by atoms with van der Waals surface area (Å²) in [6.45, 7) is 0. The fraction of sp³-hybridized carbons (Fsp3) is 0.429. The number of para-hydroxylation sites is 1. The predicted molar refractivity (Wildman–Crippen MR) is 66.9 cm³/mol. The van der Waals surface area contributed by atoms with Gasteiger partial charge < -0.3 is 10.5 Å². The molecule has 18 heavy (non-hydrogen) atoms. The van der Waals surface area contributed by atoms with Gasteiger partial charge in [0.15, 0.2) is 0 Å². The second-order valence-electron chi connectivity index (χ2n) is 4.54. The Balaban J connectivity index is 2.18. The van der Waals surface area contributed by atoms with Crippen LogP contribution >= 0.6 is 0 Å². The molecule has 1 aromatic rings. The van der Waals surface area contributed by atoms with Crippen LogP contribution < -0.4 is 10.5 Å². The number of amides is 1. The van der Waals surface area contributed by atoms with Crippen LogP contribution in [0.1, 0.15) is 36.0 Å². The highest BCUT2D eigenvalue weighted by Gasteiger charge is 2.27. The van der Waals surface area contributed by atoms with E-state index in [4.69, 9.17) is 15.7 Å². The molecule has 2 atom stereocenters. The maximum Gasteiger partial charge on any atom is 0.252 e. The Morgan fingerprint density at radius 3 is 2.78 bits per heavy atom. The van der Waals surface area contributed by atoms with Gasteiger partial charge in [0.25, 0.3) is 5.91 Å². The number of carbonyl (C=O) groups is 1. The summed E-state index contributed by atoms with van der Waals surface area (Å²) < 4.78 is 5.83. The third-order valence-electron chi connectivity index (χ3n) is 3.30. The molecule has 0 saturated heterocycles. The topological polar surface area (TPSA) is 76.1 Å². The Kier molecular flexibility index (Phi) is 3.83. The summed E-state index contributed by atoms with van der Waals surface area (Å²) in [5.41, 5.74) is 5.68. The van der Waals surface area contributed by atoms with Gasteiger partial charge in [0.2, 0.25) is 0 Å². The molecule has 0 aliphatic heterocycles. The summed E-state index contributed by atoms with van der Waals surface area (Å²) in [4.78, 5) is 11.3. The summed E-state index contributed by atoms with van der Waals surface area (Å²) in [6.07, 6.45) is 3.70. The van der Waals surface area contributed by atoms with Gasteiger partial charge in [-0.2, -0.15) is 5.26 Å². The maximum absolute atomic E-state index is 11.3. The van der Waals surface area contributed by atoms with Crippen molar-refractivity contribution in [2.45, 2.75) is 31.8 Å². The monoisotopic (exact) mass is 244 g/mol. The molecule has 1 fully saturated rings. The van der Waals surface area contributed by atoms with Crippen molar-refractivity contribution in [2.75, 3.05) is 0 Å². The minimum atomic E-state index is -0.505.